The number of allylic oxidation sites excluding steroid dienone is 1. The second kappa shape index (κ2) is 12.3. The predicted molar refractivity (Wildman–Crippen MR) is 137 cm³/mol. The predicted octanol–water partition coefficient (Wildman–Crippen LogP) is 6.18. The summed E-state index contributed by atoms with van der Waals surface area (Å²) in [5.74, 6) is 0.208. The van der Waals surface area contributed by atoms with E-state index in [1.807, 2.05) is 54.9 Å². The van der Waals surface area contributed by atoms with Crippen molar-refractivity contribution in [2.75, 3.05) is 6.61 Å². The van der Waals surface area contributed by atoms with E-state index in [2.05, 4.69) is 42.3 Å². The van der Waals surface area contributed by atoms with Gasteiger partial charge in [-0.3, -0.25) is 4.98 Å². The van der Waals surface area contributed by atoms with Gasteiger partial charge in [0.2, 0.25) is 0 Å². The van der Waals surface area contributed by atoms with E-state index in [-0.39, 0.29) is 18.8 Å². The molecule has 5 nitrogen and oxygen atoms in total. The lowest BCUT2D eigenvalue weighted by Crippen LogP contribution is -2.17. The fraction of sp³-hybridized carbons (Fsp3) is 0.333. The molecule has 1 N–H and O–H groups in total. The van der Waals surface area contributed by atoms with Crippen molar-refractivity contribution >= 4 is 5.97 Å². The molecule has 0 bridgehead atoms. The first-order valence-electron chi connectivity index (χ1n) is 12.4. The van der Waals surface area contributed by atoms with E-state index in [4.69, 9.17) is 14.6 Å². The molecule has 0 saturated carbocycles. The van der Waals surface area contributed by atoms with Gasteiger partial charge < -0.3 is 14.6 Å². The highest BCUT2D eigenvalue weighted by atomic mass is 16.5. The van der Waals surface area contributed by atoms with Gasteiger partial charge in [-0.15, -0.1) is 0 Å². The van der Waals surface area contributed by atoms with Crippen LogP contribution < -0.4 is 4.74 Å². The van der Waals surface area contributed by atoms with Gasteiger partial charge in [0.25, 0.3) is 0 Å². The number of carbonyl (C=O) groups is 1. The smallest absolute Gasteiger partial charge is 0.341 e. The number of aliphatic carboxylic acids is 1. The Morgan fingerprint density at radius 1 is 1.09 bits per heavy atom. The fourth-order valence-electron chi connectivity index (χ4n) is 4.69. The monoisotopic (exact) mass is 471 g/mol. The van der Waals surface area contributed by atoms with Crippen molar-refractivity contribution < 1.29 is 19.4 Å². The number of fused-ring (bicyclic) bond motifs is 1. The topological polar surface area (TPSA) is 68.7 Å². The van der Waals surface area contributed by atoms with Crippen molar-refractivity contribution in [3.63, 3.8) is 0 Å². The minimum Gasteiger partial charge on any atom is -0.482 e. The molecule has 0 radical (unpaired) electrons. The quantitative estimate of drug-likeness (QED) is 0.338. The molecule has 0 aliphatic heterocycles. The molecule has 1 heterocycles. The normalized spacial score (nSPS) is 17.0. The zero-order valence-electron chi connectivity index (χ0n) is 20.2. The van der Waals surface area contributed by atoms with Crippen LogP contribution in [0.1, 0.15) is 54.5 Å². The first-order chi connectivity index (χ1) is 17.1. The summed E-state index contributed by atoms with van der Waals surface area (Å²) in [6.07, 6.45) is 12.9. The van der Waals surface area contributed by atoms with Crippen LogP contribution in [0, 0.1) is 5.92 Å². The zero-order chi connectivity index (χ0) is 24.5. The van der Waals surface area contributed by atoms with Crippen molar-refractivity contribution in [3.05, 3.63) is 107 Å². The third-order valence-electron chi connectivity index (χ3n) is 6.53. The third kappa shape index (κ3) is 6.80. The SMILES string of the molecule is CCC(CC=CC1CCc2c(cccc2OCC(=O)O)C1)OC(c1ccccc1)c1ccncc1. The van der Waals surface area contributed by atoms with Crippen LogP contribution in [-0.2, 0) is 22.4 Å². The summed E-state index contributed by atoms with van der Waals surface area (Å²) in [6.45, 7) is 1.87. The van der Waals surface area contributed by atoms with E-state index in [9.17, 15) is 4.79 Å². The molecule has 2 aromatic carbocycles. The molecule has 1 aliphatic carbocycles. The summed E-state index contributed by atoms with van der Waals surface area (Å²) in [6, 6.07) is 20.3. The third-order valence-corrected chi connectivity index (χ3v) is 6.53. The van der Waals surface area contributed by atoms with Gasteiger partial charge in [0.05, 0.1) is 6.10 Å². The highest BCUT2D eigenvalue weighted by Crippen LogP contribution is 2.33. The molecular formula is C30H33NO4. The maximum Gasteiger partial charge on any atom is 0.341 e. The number of nitrogens with zero attached hydrogens (tertiary/aromatic N) is 1. The van der Waals surface area contributed by atoms with Crippen molar-refractivity contribution in [2.45, 2.75) is 51.2 Å². The Kier molecular flexibility index (Phi) is 8.68. The minimum atomic E-state index is -0.953. The Bertz CT molecular complexity index is 1070. The van der Waals surface area contributed by atoms with Crippen LogP contribution >= 0.6 is 0 Å². The Hall–Kier alpha value is -3.44. The lowest BCUT2D eigenvalue weighted by atomic mass is 9.83. The fourth-order valence-corrected chi connectivity index (χ4v) is 4.69. The summed E-state index contributed by atoms with van der Waals surface area (Å²) in [5.41, 5.74) is 4.65. The molecule has 5 heteroatoms. The zero-order valence-corrected chi connectivity index (χ0v) is 20.2. The standard InChI is InChI=1S/C30H33NO4/c1-2-26(35-30(23-9-4-3-5-10-23)24-16-18-31-19-17-24)12-6-8-22-14-15-27-25(20-22)11-7-13-28(27)34-21-29(32)33/h3-11,13,16-19,22,26,30H,2,12,14-15,20-21H2,1H3,(H,32,33). The van der Waals surface area contributed by atoms with Gasteiger partial charge in [-0.05, 0) is 78.5 Å². The lowest BCUT2D eigenvalue weighted by molar-refractivity contribution is -0.139. The Morgan fingerprint density at radius 2 is 1.86 bits per heavy atom. The van der Waals surface area contributed by atoms with Crippen LogP contribution in [0.15, 0.2) is 85.2 Å². The van der Waals surface area contributed by atoms with Crippen molar-refractivity contribution in [2.24, 2.45) is 5.92 Å². The number of hydrogen-bond donors (Lipinski definition) is 1. The molecule has 3 aromatic rings. The molecule has 0 amide bonds. The molecule has 0 fully saturated rings. The Morgan fingerprint density at radius 3 is 2.60 bits per heavy atom. The number of aromatic nitrogens is 1. The molecule has 1 aromatic heterocycles. The van der Waals surface area contributed by atoms with Gasteiger partial charge >= 0.3 is 5.97 Å². The van der Waals surface area contributed by atoms with Crippen LogP contribution in [-0.4, -0.2) is 28.8 Å². The first kappa shape index (κ1) is 24.7. The number of benzene rings is 2. The highest BCUT2D eigenvalue weighted by Gasteiger charge is 2.21. The molecular weight excluding hydrogens is 438 g/mol. The lowest BCUT2D eigenvalue weighted by Gasteiger charge is -2.25. The number of rotatable bonds is 11. The number of carboxylic acids is 1. The van der Waals surface area contributed by atoms with E-state index >= 15 is 0 Å². The van der Waals surface area contributed by atoms with E-state index in [0.717, 1.165) is 48.8 Å². The average Bonchev–Trinajstić information content (AvgIpc) is 2.90. The van der Waals surface area contributed by atoms with Crippen LogP contribution in [0.5, 0.6) is 5.75 Å². The van der Waals surface area contributed by atoms with Gasteiger partial charge in [-0.25, -0.2) is 4.79 Å². The molecule has 4 rings (SSSR count). The van der Waals surface area contributed by atoms with Crippen LogP contribution in [0.4, 0.5) is 0 Å². The van der Waals surface area contributed by atoms with Gasteiger partial charge in [-0.1, -0.05) is 61.5 Å². The molecule has 3 unspecified atom stereocenters. The van der Waals surface area contributed by atoms with E-state index < -0.39 is 5.97 Å². The van der Waals surface area contributed by atoms with Gasteiger partial charge in [-0.2, -0.15) is 0 Å². The number of hydrogen-bond acceptors (Lipinski definition) is 4. The number of pyridine rings is 1. The summed E-state index contributed by atoms with van der Waals surface area (Å²) in [4.78, 5) is 15.0. The number of ether oxygens (including phenoxy) is 2. The maximum atomic E-state index is 10.9. The average molecular weight is 472 g/mol. The summed E-state index contributed by atoms with van der Waals surface area (Å²) < 4.78 is 12.1. The van der Waals surface area contributed by atoms with Gasteiger partial charge in [0.15, 0.2) is 6.61 Å². The summed E-state index contributed by atoms with van der Waals surface area (Å²) >= 11 is 0. The molecule has 0 saturated heterocycles. The van der Waals surface area contributed by atoms with Crippen molar-refractivity contribution in [3.8, 4) is 5.75 Å². The van der Waals surface area contributed by atoms with Gasteiger partial charge in [0, 0.05) is 12.4 Å². The van der Waals surface area contributed by atoms with Gasteiger partial charge in [0.1, 0.15) is 11.9 Å². The first-order valence-corrected chi connectivity index (χ1v) is 12.4. The van der Waals surface area contributed by atoms with E-state index in [1.54, 1.807) is 0 Å². The molecule has 182 valence electrons. The van der Waals surface area contributed by atoms with E-state index in [1.165, 1.54) is 5.56 Å². The second-order valence-corrected chi connectivity index (χ2v) is 8.98. The minimum absolute atomic E-state index is 0.108. The largest absolute Gasteiger partial charge is 0.482 e. The molecule has 35 heavy (non-hydrogen) atoms. The van der Waals surface area contributed by atoms with Crippen LogP contribution in [0.3, 0.4) is 0 Å². The molecule has 0 spiro atoms. The van der Waals surface area contributed by atoms with Crippen molar-refractivity contribution in [1.82, 2.24) is 4.98 Å². The Labute approximate surface area is 207 Å². The summed E-state index contributed by atoms with van der Waals surface area (Å²) in [7, 11) is 0. The van der Waals surface area contributed by atoms with Crippen LogP contribution in [0.25, 0.3) is 0 Å². The van der Waals surface area contributed by atoms with E-state index in [0.29, 0.717) is 11.7 Å². The maximum absolute atomic E-state index is 10.9. The van der Waals surface area contributed by atoms with Crippen LogP contribution in [0.2, 0.25) is 0 Å². The Balaban J connectivity index is 1.38. The highest BCUT2D eigenvalue weighted by molar-refractivity contribution is 5.68. The molecule has 3 atom stereocenters. The van der Waals surface area contributed by atoms with Crippen molar-refractivity contribution in [1.29, 1.82) is 0 Å². The summed E-state index contributed by atoms with van der Waals surface area (Å²) in [5, 5.41) is 8.92. The number of carboxylic acid groups (broad SMARTS) is 1. The molecule has 1 aliphatic rings. The second-order valence-electron chi connectivity index (χ2n) is 8.98.